The van der Waals surface area contributed by atoms with E-state index in [1.807, 2.05) is 0 Å². The van der Waals surface area contributed by atoms with Gasteiger partial charge in [0.1, 0.15) is 0 Å². The highest BCUT2D eigenvalue weighted by molar-refractivity contribution is 7.39. The van der Waals surface area contributed by atoms with Crippen molar-refractivity contribution in [3.05, 3.63) is 0 Å². The Hall–Kier alpha value is 0.860. The molecule has 29 heavy (non-hydrogen) atoms. The summed E-state index contributed by atoms with van der Waals surface area (Å²) in [6.07, 6.45) is 34.6. The molecule has 0 aromatic heterocycles. The molecule has 0 N–H and O–H groups in total. The van der Waals surface area contributed by atoms with Crippen molar-refractivity contribution in [3.63, 3.8) is 0 Å². The van der Waals surface area contributed by atoms with Crippen molar-refractivity contribution in [1.29, 1.82) is 0 Å². The molecule has 0 aromatic rings. The van der Waals surface area contributed by atoms with Gasteiger partial charge in [0.05, 0.1) is 0 Å². The molecule has 0 spiro atoms. The van der Waals surface area contributed by atoms with Crippen LogP contribution in [0, 0.1) is 0 Å². The maximum atomic E-state index is 3.14. The summed E-state index contributed by atoms with van der Waals surface area (Å²) in [4.78, 5) is 0.417. The fourth-order valence-corrected chi connectivity index (χ4v) is 5.18. The predicted molar refractivity (Wildman–Crippen MR) is 144 cm³/mol. The molecule has 176 valence electrons. The summed E-state index contributed by atoms with van der Waals surface area (Å²) in [5.41, 5.74) is 0. The van der Waals surface area contributed by atoms with Crippen molar-refractivity contribution in [2.75, 3.05) is 0 Å². The minimum Gasteiger partial charge on any atom is -0.127 e. The monoisotopic (exact) mass is 444 g/mol. The summed E-state index contributed by atoms with van der Waals surface area (Å²) in [5, 5.41) is 0. The van der Waals surface area contributed by atoms with Gasteiger partial charge in [-0.2, -0.15) is 0 Å². The molecule has 2 heteroatoms. The topological polar surface area (TPSA) is 0 Å². The molecule has 0 bridgehead atoms. The third-order valence-electron chi connectivity index (χ3n) is 6.49. The van der Waals surface area contributed by atoms with E-state index in [2.05, 4.69) is 32.3 Å². The van der Waals surface area contributed by atoms with Crippen LogP contribution in [0.2, 0.25) is 0 Å². The summed E-state index contributed by atoms with van der Waals surface area (Å²) in [5.74, 6) is 0. The maximum absolute atomic E-state index is 3.14. The molecule has 2 atom stereocenters. The second-order valence-corrected chi connectivity index (χ2v) is 12.8. The fraction of sp³-hybridized carbons (Fsp3) is 1.00. The number of hydrogen-bond donors (Lipinski definition) is 0. The van der Waals surface area contributed by atoms with E-state index in [0.717, 1.165) is 0 Å². The average molecular weight is 445 g/mol. The van der Waals surface area contributed by atoms with Crippen LogP contribution in [0.4, 0.5) is 0 Å². The molecule has 2 unspecified atom stereocenters. The zero-order valence-corrected chi connectivity index (χ0v) is 22.9. The lowest BCUT2D eigenvalue weighted by molar-refractivity contribution is 0.511. The molecule has 0 fully saturated rings. The zero-order valence-electron chi connectivity index (χ0n) is 20.6. The molecule has 0 aliphatic rings. The molecular weight excluding hydrogens is 386 g/mol. The summed E-state index contributed by atoms with van der Waals surface area (Å²) in [6, 6.07) is 0. The van der Waals surface area contributed by atoms with Gasteiger partial charge >= 0.3 is 0 Å². The van der Waals surface area contributed by atoms with Gasteiger partial charge in [-0.1, -0.05) is 155 Å². The Kier molecular flexibility index (Phi) is 24.2. The average Bonchev–Trinajstić information content (AvgIpc) is 2.70. The quantitative estimate of drug-likeness (QED) is 0.103. The highest BCUT2D eigenvalue weighted by Crippen LogP contribution is 2.38. The van der Waals surface area contributed by atoms with E-state index >= 15 is 0 Å². The molecular formula is C27H58P2. The fourth-order valence-electron chi connectivity index (χ4n) is 4.36. The molecule has 0 saturated heterocycles. The minimum atomic E-state index is 0.417. The zero-order chi connectivity index (χ0) is 21.5. The van der Waals surface area contributed by atoms with E-state index < -0.39 is 0 Å². The second-order valence-electron chi connectivity index (χ2n) is 9.80. The first-order chi connectivity index (χ1) is 14.1. The van der Waals surface area contributed by atoms with Gasteiger partial charge in [-0.05, 0) is 17.7 Å². The molecule has 0 aromatic carbocycles. The van der Waals surface area contributed by atoms with Crippen molar-refractivity contribution in [1.82, 2.24) is 0 Å². The SMILES string of the molecule is CCCCCCCCCCCCCCCCCCC(P)(P)CCCCCCCC. The number of rotatable bonds is 24. The van der Waals surface area contributed by atoms with Crippen LogP contribution in [0.1, 0.15) is 168 Å². The third kappa shape index (κ3) is 25.0. The first kappa shape index (κ1) is 29.9. The molecule has 0 nitrogen and oxygen atoms in total. The first-order valence-corrected chi connectivity index (χ1v) is 14.9. The van der Waals surface area contributed by atoms with E-state index in [-0.39, 0.29) is 0 Å². The Morgan fingerprint density at radius 1 is 0.345 bits per heavy atom. The van der Waals surface area contributed by atoms with Gasteiger partial charge < -0.3 is 0 Å². The van der Waals surface area contributed by atoms with E-state index in [1.54, 1.807) is 0 Å². The molecule has 0 heterocycles. The van der Waals surface area contributed by atoms with Crippen LogP contribution in [-0.2, 0) is 0 Å². The lowest BCUT2D eigenvalue weighted by atomic mass is 10.0. The standard InChI is InChI=1S/C27H58P2/c1-3-5-7-9-11-12-13-14-15-16-17-18-19-20-22-24-26-27(28,29)25-23-21-10-8-6-4-2/h3-26,28-29H2,1-2H3. The molecule has 0 amide bonds. The van der Waals surface area contributed by atoms with Gasteiger partial charge in [0, 0.05) is 0 Å². The molecule has 0 radical (unpaired) electrons. The van der Waals surface area contributed by atoms with E-state index in [1.165, 1.54) is 154 Å². The van der Waals surface area contributed by atoms with E-state index in [0.29, 0.717) is 4.90 Å². The smallest absolute Gasteiger partial charge is 0.000701 e. The van der Waals surface area contributed by atoms with Crippen LogP contribution < -0.4 is 0 Å². The van der Waals surface area contributed by atoms with Crippen LogP contribution in [0.15, 0.2) is 0 Å². The van der Waals surface area contributed by atoms with E-state index in [4.69, 9.17) is 0 Å². The highest BCUT2D eigenvalue weighted by Gasteiger charge is 2.16. The lowest BCUT2D eigenvalue weighted by Crippen LogP contribution is -2.10. The Morgan fingerprint density at radius 3 is 0.793 bits per heavy atom. The normalized spacial score (nSPS) is 12.0. The van der Waals surface area contributed by atoms with Gasteiger partial charge in [-0.25, -0.2) is 0 Å². The maximum Gasteiger partial charge on any atom is -0.000701 e. The molecule has 0 aliphatic carbocycles. The van der Waals surface area contributed by atoms with Gasteiger partial charge in [0.25, 0.3) is 0 Å². The summed E-state index contributed by atoms with van der Waals surface area (Å²) < 4.78 is 0. The lowest BCUT2D eigenvalue weighted by Gasteiger charge is -2.24. The predicted octanol–water partition coefficient (Wildman–Crippen LogP) is 10.8. The van der Waals surface area contributed by atoms with Gasteiger partial charge in [-0.15, -0.1) is 18.5 Å². The highest BCUT2D eigenvalue weighted by atomic mass is 31.1. The van der Waals surface area contributed by atoms with Crippen molar-refractivity contribution in [3.8, 4) is 0 Å². The molecule has 0 saturated carbocycles. The Morgan fingerprint density at radius 2 is 0.552 bits per heavy atom. The Balaban J connectivity index is 3.23. The van der Waals surface area contributed by atoms with Gasteiger partial charge in [-0.3, -0.25) is 0 Å². The number of unbranched alkanes of at least 4 members (excludes halogenated alkanes) is 20. The third-order valence-corrected chi connectivity index (χ3v) is 7.65. The Labute approximate surface area is 191 Å². The number of hydrogen-bond acceptors (Lipinski definition) is 0. The Bertz CT molecular complexity index is 301. The first-order valence-electron chi connectivity index (χ1n) is 13.7. The van der Waals surface area contributed by atoms with Crippen molar-refractivity contribution in [2.45, 2.75) is 173 Å². The van der Waals surface area contributed by atoms with Gasteiger partial charge in [0.2, 0.25) is 0 Å². The van der Waals surface area contributed by atoms with Crippen LogP contribution >= 0.6 is 18.5 Å². The largest absolute Gasteiger partial charge is 0.127 e. The van der Waals surface area contributed by atoms with Crippen molar-refractivity contribution < 1.29 is 0 Å². The minimum absolute atomic E-state index is 0.417. The summed E-state index contributed by atoms with van der Waals surface area (Å²) in [6.45, 7) is 4.60. The van der Waals surface area contributed by atoms with Gasteiger partial charge in [0.15, 0.2) is 0 Å². The van der Waals surface area contributed by atoms with E-state index in [9.17, 15) is 0 Å². The second kappa shape index (κ2) is 23.5. The van der Waals surface area contributed by atoms with Crippen LogP contribution in [0.3, 0.4) is 0 Å². The van der Waals surface area contributed by atoms with Crippen molar-refractivity contribution in [2.24, 2.45) is 0 Å². The van der Waals surface area contributed by atoms with Crippen LogP contribution in [-0.4, -0.2) is 4.90 Å². The summed E-state index contributed by atoms with van der Waals surface area (Å²) >= 11 is 0. The van der Waals surface area contributed by atoms with Crippen LogP contribution in [0.25, 0.3) is 0 Å². The van der Waals surface area contributed by atoms with Crippen molar-refractivity contribution >= 4 is 18.5 Å². The molecule has 0 rings (SSSR count). The summed E-state index contributed by atoms with van der Waals surface area (Å²) in [7, 11) is 6.27. The van der Waals surface area contributed by atoms with Crippen LogP contribution in [0.5, 0.6) is 0 Å². The molecule has 0 aliphatic heterocycles.